The molecule has 0 unspecified atom stereocenters. The van der Waals surface area contributed by atoms with E-state index in [1.165, 1.54) is 18.2 Å². The van der Waals surface area contributed by atoms with Gasteiger partial charge < -0.3 is 9.63 Å². The molecular formula is C9H4BrF3N2O2. The van der Waals surface area contributed by atoms with Gasteiger partial charge in [-0.1, -0.05) is 21.1 Å². The molecule has 0 radical (unpaired) electrons. The van der Waals surface area contributed by atoms with E-state index < -0.39 is 12.0 Å². The molecule has 0 saturated heterocycles. The highest BCUT2D eigenvalue weighted by Gasteiger charge is 2.37. The third-order valence-corrected chi connectivity index (χ3v) is 2.36. The van der Waals surface area contributed by atoms with Crippen molar-refractivity contribution < 1.29 is 22.8 Å². The lowest BCUT2D eigenvalue weighted by molar-refractivity contribution is -0.146. The van der Waals surface area contributed by atoms with Gasteiger partial charge in [0.1, 0.15) is 5.75 Å². The standard InChI is InChI=1S/C9H4BrF3N2O2/c10-4-1-2-5(6(16)3-4)7-14-8(15-17-7)9(11,12)13/h1-3,16H. The minimum atomic E-state index is -4.67. The Bertz CT molecular complexity index is 553. The van der Waals surface area contributed by atoms with Crippen LogP contribution in [0.4, 0.5) is 13.2 Å². The smallest absolute Gasteiger partial charge is 0.455 e. The fourth-order valence-corrected chi connectivity index (χ4v) is 1.48. The van der Waals surface area contributed by atoms with Crippen LogP contribution in [-0.4, -0.2) is 15.2 Å². The van der Waals surface area contributed by atoms with Gasteiger partial charge in [-0.2, -0.15) is 18.2 Å². The Morgan fingerprint density at radius 2 is 2.00 bits per heavy atom. The lowest BCUT2D eigenvalue weighted by atomic mass is 10.2. The monoisotopic (exact) mass is 308 g/mol. The molecule has 0 aliphatic rings. The van der Waals surface area contributed by atoms with Gasteiger partial charge in [-0.25, -0.2) is 0 Å². The molecule has 0 atom stereocenters. The number of hydrogen-bond acceptors (Lipinski definition) is 4. The molecule has 2 aromatic rings. The topological polar surface area (TPSA) is 59.2 Å². The molecule has 0 aliphatic carbocycles. The normalized spacial score (nSPS) is 11.8. The molecule has 1 aromatic heterocycles. The first-order valence-electron chi connectivity index (χ1n) is 4.28. The van der Waals surface area contributed by atoms with Crippen molar-refractivity contribution in [1.29, 1.82) is 0 Å². The minimum absolute atomic E-state index is 0.0381. The molecule has 2 rings (SSSR count). The molecule has 90 valence electrons. The van der Waals surface area contributed by atoms with Crippen LogP contribution in [0.3, 0.4) is 0 Å². The molecule has 0 aliphatic heterocycles. The lowest BCUT2D eigenvalue weighted by Crippen LogP contribution is -2.07. The summed E-state index contributed by atoms with van der Waals surface area (Å²) in [5, 5.41) is 12.3. The zero-order valence-electron chi connectivity index (χ0n) is 7.99. The van der Waals surface area contributed by atoms with Crippen molar-refractivity contribution in [2.24, 2.45) is 0 Å². The first-order valence-corrected chi connectivity index (χ1v) is 5.07. The number of phenolic OH excluding ortho intramolecular Hbond substituents is 1. The first-order chi connectivity index (χ1) is 7.88. The van der Waals surface area contributed by atoms with Crippen LogP contribution in [0.5, 0.6) is 5.75 Å². The van der Waals surface area contributed by atoms with Crippen LogP contribution in [-0.2, 0) is 6.18 Å². The lowest BCUT2D eigenvalue weighted by Gasteiger charge is -1.99. The van der Waals surface area contributed by atoms with E-state index >= 15 is 0 Å². The summed E-state index contributed by atoms with van der Waals surface area (Å²) in [4.78, 5) is 3.16. The van der Waals surface area contributed by atoms with Gasteiger partial charge in [0.15, 0.2) is 0 Å². The fourth-order valence-electron chi connectivity index (χ4n) is 1.13. The summed E-state index contributed by atoms with van der Waals surface area (Å²) in [6.45, 7) is 0. The summed E-state index contributed by atoms with van der Waals surface area (Å²) in [6.07, 6.45) is -4.67. The molecule has 8 heteroatoms. The van der Waals surface area contributed by atoms with Crippen LogP contribution < -0.4 is 0 Å². The van der Waals surface area contributed by atoms with E-state index in [-0.39, 0.29) is 17.2 Å². The van der Waals surface area contributed by atoms with Crippen LogP contribution in [0.2, 0.25) is 0 Å². The van der Waals surface area contributed by atoms with Gasteiger partial charge in [0, 0.05) is 4.47 Å². The van der Waals surface area contributed by atoms with Crippen molar-refractivity contribution >= 4 is 15.9 Å². The number of aromatic hydroxyl groups is 1. The second-order valence-electron chi connectivity index (χ2n) is 3.08. The first kappa shape index (κ1) is 11.9. The van der Waals surface area contributed by atoms with Crippen molar-refractivity contribution in [1.82, 2.24) is 10.1 Å². The molecule has 0 fully saturated rings. The number of rotatable bonds is 1. The second-order valence-corrected chi connectivity index (χ2v) is 4.00. The van der Waals surface area contributed by atoms with Gasteiger partial charge in [-0.3, -0.25) is 0 Å². The maximum atomic E-state index is 12.2. The SMILES string of the molecule is Oc1cc(Br)ccc1-c1nc(C(F)(F)F)no1. The van der Waals surface area contributed by atoms with Crippen LogP contribution in [0.15, 0.2) is 27.2 Å². The van der Waals surface area contributed by atoms with Crippen LogP contribution in [0.25, 0.3) is 11.5 Å². The Morgan fingerprint density at radius 3 is 2.53 bits per heavy atom. The van der Waals surface area contributed by atoms with E-state index in [0.717, 1.165) is 0 Å². The molecule has 0 amide bonds. The van der Waals surface area contributed by atoms with Gasteiger partial charge in [-0.05, 0) is 18.2 Å². The summed E-state index contributed by atoms with van der Waals surface area (Å²) in [5.74, 6) is -2.02. The molecule has 1 aromatic carbocycles. The molecule has 1 N–H and O–H groups in total. The highest BCUT2D eigenvalue weighted by Crippen LogP contribution is 2.33. The zero-order valence-corrected chi connectivity index (χ0v) is 9.58. The highest BCUT2D eigenvalue weighted by molar-refractivity contribution is 9.10. The predicted molar refractivity (Wildman–Crippen MR) is 54.1 cm³/mol. The van der Waals surface area contributed by atoms with Crippen molar-refractivity contribution in [3.63, 3.8) is 0 Å². The van der Waals surface area contributed by atoms with E-state index in [1.807, 2.05) is 0 Å². The molecule has 0 spiro atoms. The fraction of sp³-hybridized carbons (Fsp3) is 0.111. The molecule has 1 heterocycles. The van der Waals surface area contributed by atoms with Gasteiger partial charge in [0.2, 0.25) is 0 Å². The Kier molecular flexibility index (Phi) is 2.82. The Hall–Kier alpha value is -1.57. The summed E-state index contributed by atoms with van der Waals surface area (Å²) in [7, 11) is 0. The third kappa shape index (κ3) is 2.41. The van der Waals surface area contributed by atoms with Crippen molar-refractivity contribution in [2.45, 2.75) is 6.18 Å². The van der Waals surface area contributed by atoms with E-state index in [0.29, 0.717) is 4.47 Å². The van der Waals surface area contributed by atoms with E-state index in [2.05, 4.69) is 30.6 Å². The minimum Gasteiger partial charge on any atom is -0.507 e. The Morgan fingerprint density at radius 1 is 1.29 bits per heavy atom. The number of phenols is 1. The van der Waals surface area contributed by atoms with Crippen LogP contribution in [0, 0.1) is 0 Å². The molecular weight excluding hydrogens is 305 g/mol. The number of halogens is 4. The van der Waals surface area contributed by atoms with Gasteiger partial charge in [0.05, 0.1) is 5.56 Å². The maximum Gasteiger partial charge on any atom is 0.455 e. The zero-order chi connectivity index (χ0) is 12.6. The Balaban J connectivity index is 2.44. The number of aromatic nitrogens is 2. The summed E-state index contributed by atoms with van der Waals surface area (Å²) < 4.78 is 41.7. The summed E-state index contributed by atoms with van der Waals surface area (Å²) >= 11 is 3.10. The maximum absolute atomic E-state index is 12.2. The number of nitrogens with zero attached hydrogens (tertiary/aromatic N) is 2. The summed E-state index contributed by atoms with van der Waals surface area (Å²) in [6, 6.07) is 4.21. The quantitative estimate of drug-likeness (QED) is 0.878. The molecule has 0 bridgehead atoms. The number of hydrogen-bond donors (Lipinski definition) is 1. The van der Waals surface area contributed by atoms with E-state index in [1.54, 1.807) is 0 Å². The number of alkyl halides is 3. The number of benzene rings is 1. The second kappa shape index (κ2) is 4.02. The predicted octanol–water partition coefficient (Wildman–Crippen LogP) is 3.22. The van der Waals surface area contributed by atoms with Crippen LogP contribution in [0.1, 0.15) is 5.82 Å². The molecule has 4 nitrogen and oxygen atoms in total. The van der Waals surface area contributed by atoms with Crippen molar-refractivity contribution in [3.8, 4) is 17.2 Å². The van der Waals surface area contributed by atoms with Crippen LogP contribution >= 0.6 is 15.9 Å². The third-order valence-electron chi connectivity index (χ3n) is 1.87. The average molecular weight is 309 g/mol. The van der Waals surface area contributed by atoms with Crippen molar-refractivity contribution in [3.05, 3.63) is 28.5 Å². The average Bonchev–Trinajstić information content (AvgIpc) is 2.65. The molecule has 0 saturated carbocycles. The van der Waals surface area contributed by atoms with Gasteiger partial charge in [-0.15, -0.1) is 0 Å². The van der Waals surface area contributed by atoms with Gasteiger partial charge in [0.25, 0.3) is 11.7 Å². The highest BCUT2D eigenvalue weighted by atomic mass is 79.9. The van der Waals surface area contributed by atoms with Crippen molar-refractivity contribution in [2.75, 3.05) is 0 Å². The van der Waals surface area contributed by atoms with E-state index in [4.69, 9.17) is 0 Å². The largest absolute Gasteiger partial charge is 0.507 e. The Labute approximate surface area is 101 Å². The molecule has 17 heavy (non-hydrogen) atoms. The summed E-state index contributed by atoms with van der Waals surface area (Å²) in [5.41, 5.74) is 0.0381. The van der Waals surface area contributed by atoms with Gasteiger partial charge >= 0.3 is 6.18 Å². The van der Waals surface area contributed by atoms with E-state index in [9.17, 15) is 18.3 Å².